The molecular weight excluding hydrogens is 74.9 g/mol. The molecule has 0 spiro atoms. The molecule has 0 aromatic heterocycles. The summed E-state index contributed by atoms with van der Waals surface area (Å²) in [4.78, 5) is 0. The molecule has 0 aromatic carbocycles. The van der Waals surface area contributed by atoms with Gasteiger partial charge in [0, 0.05) is 0 Å². The third-order valence-electron chi connectivity index (χ3n) is 1.23. The average molecular weight is 81.9 g/mol. The van der Waals surface area contributed by atoms with Gasteiger partial charge in [0.2, 0.25) is 0 Å². The SMILES string of the molecule is BC1CC1N=N. The smallest absolute Gasteiger partial charge is 0.108 e. The van der Waals surface area contributed by atoms with Crippen molar-refractivity contribution in [2.24, 2.45) is 5.11 Å². The Morgan fingerprint density at radius 3 is 2.33 bits per heavy atom. The molecule has 0 aliphatic heterocycles. The van der Waals surface area contributed by atoms with Crippen molar-refractivity contribution in [3.05, 3.63) is 0 Å². The quantitative estimate of drug-likeness (QED) is 0.346. The van der Waals surface area contributed by atoms with E-state index in [1.807, 2.05) is 0 Å². The Morgan fingerprint density at radius 2 is 2.33 bits per heavy atom. The standard InChI is InChI=1S/C3H7BN2/c4-2-1-3(2)6-5/h2-3,5H,1,4H2. The second kappa shape index (κ2) is 1.07. The number of hydrogen-bond acceptors (Lipinski definition) is 2. The van der Waals surface area contributed by atoms with Crippen molar-refractivity contribution in [2.45, 2.75) is 18.3 Å². The maximum Gasteiger partial charge on any atom is 0.108 e. The highest BCUT2D eigenvalue weighted by Crippen LogP contribution is 2.36. The molecule has 0 aromatic rings. The second-order valence-electron chi connectivity index (χ2n) is 1.91. The minimum Gasteiger partial charge on any atom is -0.210 e. The topological polar surface area (TPSA) is 36.2 Å². The minimum absolute atomic E-state index is 0.394. The van der Waals surface area contributed by atoms with Gasteiger partial charge in [-0.1, -0.05) is 0 Å². The van der Waals surface area contributed by atoms with Crippen molar-refractivity contribution in [3.63, 3.8) is 0 Å². The molecule has 0 radical (unpaired) electrons. The fourth-order valence-electron chi connectivity index (χ4n) is 0.482. The van der Waals surface area contributed by atoms with Gasteiger partial charge in [-0.05, 0) is 12.2 Å². The fourth-order valence-corrected chi connectivity index (χ4v) is 0.482. The van der Waals surface area contributed by atoms with Crippen molar-refractivity contribution in [1.82, 2.24) is 0 Å². The summed E-state index contributed by atoms with van der Waals surface area (Å²) in [7, 11) is 2.11. The van der Waals surface area contributed by atoms with Crippen molar-refractivity contribution in [1.29, 1.82) is 5.53 Å². The van der Waals surface area contributed by atoms with Crippen LogP contribution in [0.1, 0.15) is 6.42 Å². The summed E-state index contributed by atoms with van der Waals surface area (Å²) in [5.74, 6) is 0.711. The van der Waals surface area contributed by atoms with Crippen LogP contribution in [0.4, 0.5) is 0 Å². The van der Waals surface area contributed by atoms with Crippen LogP contribution >= 0.6 is 0 Å². The van der Waals surface area contributed by atoms with Crippen LogP contribution in [-0.2, 0) is 0 Å². The van der Waals surface area contributed by atoms with Gasteiger partial charge < -0.3 is 0 Å². The number of nitrogens with one attached hydrogen (secondary N) is 1. The fraction of sp³-hybridized carbons (Fsp3) is 1.00. The van der Waals surface area contributed by atoms with Crippen LogP contribution in [0.15, 0.2) is 5.11 Å². The molecule has 0 heterocycles. The van der Waals surface area contributed by atoms with Gasteiger partial charge in [0.15, 0.2) is 0 Å². The van der Waals surface area contributed by atoms with Gasteiger partial charge >= 0.3 is 0 Å². The highest BCUT2D eigenvalue weighted by Gasteiger charge is 2.31. The van der Waals surface area contributed by atoms with Gasteiger partial charge in [-0.25, -0.2) is 5.53 Å². The molecule has 1 aliphatic carbocycles. The van der Waals surface area contributed by atoms with Crippen molar-refractivity contribution in [3.8, 4) is 0 Å². The van der Waals surface area contributed by atoms with E-state index in [0.717, 1.165) is 6.42 Å². The maximum atomic E-state index is 6.48. The number of nitrogens with zero attached hydrogens (tertiary/aromatic N) is 1. The first-order valence-electron chi connectivity index (χ1n) is 2.21. The third kappa shape index (κ3) is 0.443. The normalized spacial score (nSPS) is 42.0. The minimum atomic E-state index is 0.394. The van der Waals surface area contributed by atoms with E-state index in [-0.39, 0.29) is 0 Å². The van der Waals surface area contributed by atoms with E-state index in [0.29, 0.717) is 11.9 Å². The Kier molecular flexibility index (Phi) is 0.683. The molecule has 1 rings (SSSR count). The van der Waals surface area contributed by atoms with Gasteiger partial charge in [0.05, 0.1) is 6.04 Å². The van der Waals surface area contributed by atoms with Gasteiger partial charge in [0.1, 0.15) is 7.85 Å². The molecule has 1 aliphatic rings. The summed E-state index contributed by atoms with van der Waals surface area (Å²) in [5.41, 5.74) is 6.48. The predicted octanol–water partition coefficient (Wildman–Crippen LogP) is 0.211. The van der Waals surface area contributed by atoms with Crippen LogP contribution in [0.5, 0.6) is 0 Å². The lowest BCUT2D eigenvalue weighted by Gasteiger charge is -1.70. The lowest BCUT2D eigenvalue weighted by molar-refractivity contribution is 0.901. The molecule has 2 unspecified atom stereocenters. The molecule has 2 atom stereocenters. The molecule has 3 heteroatoms. The van der Waals surface area contributed by atoms with Crippen LogP contribution in [-0.4, -0.2) is 13.9 Å². The van der Waals surface area contributed by atoms with Crippen molar-refractivity contribution in [2.75, 3.05) is 0 Å². The van der Waals surface area contributed by atoms with Gasteiger partial charge in [-0.3, -0.25) is 0 Å². The van der Waals surface area contributed by atoms with Crippen LogP contribution in [0.25, 0.3) is 0 Å². The van der Waals surface area contributed by atoms with Crippen LogP contribution < -0.4 is 0 Å². The summed E-state index contributed by atoms with van der Waals surface area (Å²) in [6, 6.07) is 0.394. The average Bonchev–Trinajstić information content (AvgIpc) is 2.19. The van der Waals surface area contributed by atoms with E-state index >= 15 is 0 Å². The first kappa shape index (κ1) is 3.84. The van der Waals surface area contributed by atoms with E-state index in [1.165, 1.54) is 0 Å². The number of hydrogen-bond donors (Lipinski definition) is 1. The predicted molar refractivity (Wildman–Crippen MR) is 25.8 cm³/mol. The Morgan fingerprint density at radius 1 is 1.83 bits per heavy atom. The molecule has 0 bridgehead atoms. The van der Waals surface area contributed by atoms with Crippen LogP contribution in [0.3, 0.4) is 0 Å². The number of rotatable bonds is 1. The third-order valence-corrected chi connectivity index (χ3v) is 1.23. The summed E-state index contributed by atoms with van der Waals surface area (Å²) in [5, 5.41) is 3.33. The first-order valence-corrected chi connectivity index (χ1v) is 2.21. The van der Waals surface area contributed by atoms with Crippen molar-refractivity contribution >= 4 is 7.85 Å². The maximum absolute atomic E-state index is 6.48. The van der Waals surface area contributed by atoms with E-state index in [4.69, 9.17) is 5.53 Å². The van der Waals surface area contributed by atoms with E-state index in [1.54, 1.807) is 0 Å². The molecule has 32 valence electrons. The molecule has 1 N–H and O–H groups in total. The summed E-state index contributed by atoms with van der Waals surface area (Å²) < 4.78 is 0. The Balaban J connectivity index is 2.25. The van der Waals surface area contributed by atoms with E-state index in [2.05, 4.69) is 13.0 Å². The first-order chi connectivity index (χ1) is 2.84. The second-order valence-corrected chi connectivity index (χ2v) is 1.91. The Hall–Kier alpha value is -0.335. The lowest BCUT2D eigenvalue weighted by Crippen LogP contribution is -1.70. The summed E-state index contributed by atoms with van der Waals surface area (Å²) >= 11 is 0. The molecule has 1 fully saturated rings. The Labute approximate surface area is 37.9 Å². The zero-order chi connectivity index (χ0) is 4.57. The molecular formula is C3H7BN2. The summed E-state index contributed by atoms with van der Waals surface area (Å²) in [6.45, 7) is 0. The molecule has 6 heavy (non-hydrogen) atoms. The highest BCUT2D eigenvalue weighted by molar-refractivity contribution is 6.14. The zero-order valence-electron chi connectivity index (χ0n) is 3.81. The monoisotopic (exact) mass is 82.1 g/mol. The molecule has 0 amide bonds. The molecule has 1 saturated carbocycles. The molecule has 2 nitrogen and oxygen atoms in total. The van der Waals surface area contributed by atoms with Crippen molar-refractivity contribution < 1.29 is 0 Å². The van der Waals surface area contributed by atoms with Gasteiger partial charge in [0.25, 0.3) is 0 Å². The Bertz CT molecular complexity index is 73.2. The van der Waals surface area contributed by atoms with E-state index < -0.39 is 0 Å². The van der Waals surface area contributed by atoms with Gasteiger partial charge in [-0.15, -0.1) is 0 Å². The van der Waals surface area contributed by atoms with E-state index in [9.17, 15) is 0 Å². The zero-order valence-corrected chi connectivity index (χ0v) is 3.81. The van der Waals surface area contributed by atoms with Gasteiger partial charge in [-0.2, -0.15) is 5.11 Å². The highest BCUT2D eigenvalue weighted by atomic mass is 15.0. The lowest BCUT2D eigenvalue weighted by atomic mass is 10.0. The van der Waals surface area contributed by atoms with Crippen LogP contribution in [0, 0.1) is 5.53 Å². The molecule has 0 saturated heterocycles. The summed E-state index contributed by atoms with van der Waals surface area (Å²) in [6.07, 6.45) is 1.14. The van der Waals surface area contributed by atoms with Crippen LogP contribution in [0.2, 0.25) is 5.82 Å². The largest absolute Gasteiger partial charge is 0.210 e.